The van der Waals surface area contributed by atoms with E-state index in [0.717, 1.165) is 6.92 Å². The van der Waals surface area contributed by atoms with Gasteiger partial charge in [-0.2, -0.15) is 0 Å². The molecule has 0 saturated carbocycles. The van der Waals surface area contributed by atoms with Gasteiger partial charge in [0.05, 0.1) is 6.61 Å². The Labute approximate surface area is 123 Å². The predicted molar refractivity (Wildman–Crippen MR) is 63.6 cm³/mol. The van der Waals surface area contributed by atoms with Gasteiger partial charge in [0.2, 0.25) is 0 Å². The summed E-state index contributed by atoms with van der Waals surface area (Å²) in [4.78, 5) is 28.4. The molecular formula is C9H17O12P. The molecule has 6 unspecified atom stereocenters. The van der Waals surface area contributed by atoms with E-state index in [2.05, 4.69) is 14.0 Å². The van der Waals surface area contributed by atoms with Crippen LogP contribution < -0.4 is 0 Å². The van der Waals surface area contributed by atoms with Gasteiger partial charge in [0.15, 0.2) is 6.10 Å². The second-order valence-corrected chi connectivity index (χ2v) is 5.84. The first-order valence-electron chi connectivity index (χ1n) is 5.93. The van der Waals surface area contributed by atoms with Crippen molar-refractivity contribution < 1.29 is 58.7 Å². The molecule has 13 heteroatoms. The van der Waals surface area contributed by atoms with Gasteiger partial charge in [0.1, 0.15) is 24.4 Å². The highest BCUT2D eigenvalue weighted by Crippen LogP contribution is 2.38. The number of hydrogen-bond acceptors (Lipinski definition) is 10. The van der Waals surface area contributed by atoms with Crippen molar-refractivity contribution in [2.24, 2.45) is 0 Å². The summed E-state index contributed by atoms with van der Waals surface area (Å²) in [5, 5.41) is 47.7. The van der Waals surface area contributed by atoms with Gasteiger partial charge >= 0.3 is 19.8 Å². The zero-order valence-corrected chi connectivity index (χ0v) is 12.1. The van der Waals surface area contributed by atoms with E-state index in [0.29, 0.717) is 0 Å². The molecule has 1 heterocycles. The standard InChI is InChI=1S/C9H17O12P/c1-3(10)8(14)21-9(15)7(13)6(12)5(11)4(20-9)2-19-22(16,17)18/h3-7,10-13,15H,2H2,1H3,(H2,16,17,18). The Kier molecular flexibility index (Phi) is 6.03. The van der Waals surface area contributed by atoms with Crippen molar-refractivity contribution in [1.29, 1.82) is 0 Å². The molecule has 6 atom stereocenters. The van der Waals surface area contributed by atoms with Gasteiger partial charge in [-0.1, -0.05) is 0 Å². The van der Waals surface area contributed by atoms with Crippen LogP contribution in [0.5, 0.6) is 0 Å². The summed E-state index contributed by atoms with van der Waals surface area (Å²) in [6, 6.07) is 0. The Hall–Kier alpha value is -0.660. The highest BCUT2D eigenvalue weighted by Gasteiger charge is 2.56. The molecule has 1 aliphatic rings. The predicted octanol–water partition coefficient (Wildman–Crippen LogP) is -3.85. The number of aliphatic hydroxyl groups excluding tert-OH is 4. The van der Waals surface area contributed by atoms with Crippen LogP contribution in [0.15, 0.2) is 0 Å². The maximum atomic E-state index is 11.3. The van der Waals surface area contributed by atoms with Crippen molar-refractivity contribution >= 4 is 13.8 Å². The lowest BCUT2D eigenvalue weighted by molar-refractivity contribution is -0.434. The van der Waals surface area contributed by atoms with Crippen LogP contribution in [-0.4, -0.2) is 84.4 Å². The van der Waals surface area contributed by atoms with E-state index in [-0.39, 0.29) is 0 Å². The number of hydrogen-bond donors (Lipinski definition) is 7. The molecule has 22 heavy (non-hydrogen) atoms. The van der Waals surface area contributed by atoms with Crippen LogP contribution in [-0.2, 0) is 23.4 Å². The molecule has 0 aromatic heterocycles. The summed E-state index contributed by atoms with van der Waals surface area (Å²) in [6.07, 6.45) is -9.76. The first-order chi connectivity index (χ1) is 9.87. The highest BCUT2D eigenvalue weighted by molar-refractivity contribution is 7.46. The van der Waals surface area contributed by atoms with Crippen LogP contribution in [0.25, 0.3) is 0 Å². The number of esters is 1. The molecule has 0 aliphatic carbocycles. The number of ether oxygens (including phenoxy) is 2. The van der Waals surface area contributed by atoms with Crippen LogP contribution in [0.1, 0.15) is 6.92 Å². The fourth-order valence-electron chi connectivity index (χ4n) is 1.60. The minimum atomic E-state index is -4.94. The van der Waals surface area contributed by atoms with Crippen molar-refractivity contribution in [3.05, 3.63) is 0 Å². The van der Waals surface area contributed by atoms with Gasteiger partial charge in [-0.05, 0) is 6.92 Å². The molecule has 12 nitrogen and oxygen atoms in total. The van der Waals surface area contributed by atoms with Gasteiger partial charge in [-0.25, -0.2) is 9.36 Å². The van der Waals surface area contributed by atoms with Crippen molar-refractivity contribution in [2.75, 3.05) is 6.61 Å². The van der Waals surface area contributed by atoms with Gasteiger partial charge in [0.25, 0.3) is 0 Å². The van der Waals surface area contributed by atoms with Gasteiger partial charge in [-0.15, -0.1) is 0 Å². The molecule has 0 amide bonds. The molecule has 0 bridgehead atoms. The Morgan fingerprint density at radius 1 is 1.32 bits per heavy atom. The van der Waals surface area contributed by atoms with E-state index in [1.54, 1.807) is 0 Å². The molecule has 0 radical (unpaired) electrons. The number of carbonyl (C=O) groups excluding carboxylic acids is 1. The summed E-state index contributed by atoms with van der Waals surface area (Å²) in [5.74, 6) is -4.57. The SMILES string of the molecule is CC(O)C(=O)OC1(O)OC(COP(=O)(O)O)C(O)C(O)C1O. The number of aliphatic hydroxyl groups is 5. The summed E-state index contributed by atoms with van der Waals surface area (Å²) < 4.78 is 23.6. The maximum Gasteiger partial charge on any atom is 0.469 e. The molecule has 1 aliphatic heterocycles. The summed E-state index contributed by atoms with van der Waals surface area (Å²) in [5.41, 5.74) is 0. The quantitative estimate of drug-likeness (QED) is 0.145. The van der Waals surface area contributed by atoms with Crippen LogP contribution in [0, 0.1) is 0 Å². The fraction of sp³-hybridized carbons (Fsp3) is 0.889. The minimum absolute atomic E-state index is 0.987. The fourth-order valence-corrected chi connectivity index (χ4v) is 1.94. The molecular weight excluding hydrogens is 331 g/mol. The third-order valence-electron chi connectivity index (χ3n) is 2.74. The minimum Gasteiger partial charge on any atom is -0.404 e. The van der Waals surface area contributed by atoms with Gasteiger partial charge in [-0.3, -0.25) is 4.52 Å². The smallest absolute Gasteiger partial charge is 0.404 e. The summed E-state index contributed by atoms with van der Waals surface area (Å²) >= 11 is 0. The van der Waals surface area contributed by atoms with Crippen LogP contribution in [0.4, 0.5) is 0 Å². The third-order valence-corrected chi connectivity index (χ3v) is 3.23. The van der Waals surface area contributed by atoms with Gasteiger partial charge in [0, 0.05) is 0 Å². The van der Waals surface area contributed by atoms with Crippen molar-refractivity contribution in [1.82, 2.24) is 0 Å². The maximum absolute atomic E-state index is 11.3. The third kappa shape index (κ3) is 4.67. The monoisotopic (exact) mass is 348 g/mol. The molecule has 7 N–H and O–H groups in total. The Morgan fingerprint density at radius 2 is 1.86 bits per heavy atom. The first-order valence-corrected chi connectivity index (χ1v) is 7.46. The van der Waals surface area contributed by atoms with E-state index in [1.165, 1.54) is 0 Å². The molecule has 130 valence electrons. The molecule has 1 fully saturated rings. The molecule has 1 rings (SSSR count). The summed E-state index contributed by atoms with van der Waals surface area (Å²) in [7, 11) is -4.94. The number of carbonyl (C=O) groups is 1. The van der Waals surface area contributed by atoms with E-state index in [4.69, 9.17) is 14.9 Å². The Bertz CT molecular complexity index is 448. The summed E-state index contributed by atoms with van der Waals surface area (Å²) in [6.45, 7) is -0.00960. The van der Waals surface area contributed by atoms with Crippen LogP contribution in [0.2, 0.25) is 0 Å². The molecule has 0 aromatic rings. The average molecular weight is 348 g/mol. The van der Waals surface area contributed by atoms with E-state index < -0.39 is 56.9 Å². The lowest BCUT2D eigenvalue weighted by Crippen LogP contribution is -2.67. The van der Waals surface area contributed by atoms with Crippen molar-refractivity contribution in [2.45, 2.75) is 43.4 Å². The lowest BCUT2D eigenvalue weighted by atomic mass is 9.98. The normalized spacial score (nSPS) is 37.6. The van der Waals surface area contributed by atoms with E-state index in [1.807, 2.05) is 0 Å². The average Bonchev–Trinajstić information content (AvgIpc) is 2.38. The van der Waals surface area contributed by atoms with E-state index >= 15 is 0 Å². The second-order valence-electron chi connectivity index (χ2n) is 4.60. The number of phosphoric ester groups is 1. The number of rotatable bonds is 5. The zero-order valence-electron chi connectivity index (χ0n) is 11.2. The van der Waals surface area contributed by atoms with Crippen LogP contribution >= 0.6 is 7.82 Å². The molecule has 1 saturated heterocycles. The van der Waals surface area contributed by atoms with Crippen molar-refractivity contribution in [3.8, 4) is 0 Å². The van der Waals surface area contributed by atoms with Gasteiger partial charge < -0.3 is 44.8 Å². The molecule has 0 spiro atoms. The highest BCUT2D eigenvalue weighted by atomic mass is 31.2. The Morgan fingerprint density at radius 3 is 2.32 bits per heavy atom. The first kappa shape index (κ1) is 19.4. The topological polar surface area (TPSA) is 203 Å². The van der Waals surface area contributed by atoms with Crippen molar-refractivity contribution in [3.63, 3.8) is 0 Å². The molecule has 0 aromatic carbocycles. The van der Waals surface area contributed by atoms with E-state index in [9.17, 15) is 29.8 Å². The van der Waals surface area contributed by atoms with Crippen LogP contribution in [0.3, 0.4) is 0 Å². The Balaban J connectivity index is 2.89. The zero-order chi connectivity index (χ0) is 17.3. The second kappa shape index (κ2) is 6.84. The lowest BCUT2D eigenvalue weighted by Gasteiger charge is -2.44. The largest absolute Gasteiger partial charge is 0.469 e. The number of phosphoric acid groups is 1.